The van der Waals surface area contributed by atoms with E-state index in [-0.39, 0.29) is 11.3 Å². The van der Waals surface area contributed by atoms with Crippen LogP contribution in [0.3, 0.4) is 0 Å². The van der Waals surface area contributed by atoms with Crippen molar-refractivity contribution in [3.63, 3.8) is 0 Å². The fourth-order valence-electron chi connectivity index (χ4n) is 1.84. The normalized spacial score (nSPS) is 10.1. The van der Waals surface area contributed by atoms with Crippen LogP contribution in [-0.4, -0.2) is 30.9 Å². The largest absolute Gasteiger partial charge is 0.452 e. The summed E-state index contributed by atoms with van der Waals surface area (Å²) in [6, 6.07) is 8.84. The van der Waals surface area contributed by atoms with Crippen LogP contribution in [0.1, 0.15) is 10.4 Å². The van der Waals surface area contributed by atoms with E-state index in [1.54, 1.807) is 12.1 Å². The monoisotopic (exact) mass is 382 g/mol. The molecule has 0 fully saturated rings. The van der Waals surface area contributed by atoms with Gasteiger partial charge in [-0.3, -0.25) is 9.59 Å². The molecule has 26 heavy (non-hydrogen) atoms. The fourth-order valence-corrected chi connectivity index (χ4v) is 2.03. The van der Waals surface area contributed by atoms with E-state index in [1.165, 1.54) is 18.2 Å². The highest BCUT2D eigenvalue weighted by Gasteiger charge is 2.12. The molecule has 0 aliphatic carbocycles. The Labute approximate surface area is 152 Å². The van der Waals surface area contributed by atoms with Crippen LogP contribution in [0.25, 0.3) is 0 Å². The van der Waals surface area contributed by atoms with Crippen molar-refractivity contribution in [2.45, 2.75) is 0 Å². The van der Waals surface area contributed by atoms with Crippen LogP contribution in [0.2, 0.25) is 5.02 Å². The fraction of sp³-hybridized carbons (Fsp3) is 0.118. The lowest BCUT2D eigenvalue weighted by Gasteiger charge is -2.08. The number of amides is 2. The number of halogens is 3. The topological polar surface area (TPSA) is 84.5 Å². The second-order valence-corrected chi connectivity index (χ2v) is 5.48. The van der Waals surface area contributed by atoms with Crippen LogP contribution in [0, 0.1) is 11.6 Å². The SMILES string of the molecule is O=C(COC(=O)c1cccc(Cl)c1)NCC(=O)Nc1ccc(F)c(F)c1. The molecule has 0 saturated heterocycles. The van der Waals surface area contributed by atoms with Gasteiger partial charge in [0.25, 0.3) is 5.91 Å². The Bertz CT molecular complexity index is 845. The summed E-state index contributed by atoms with van der Waals surface area (Å²) < 4.78 is 30.6. The van der Waals surface area contributed by atoms with Crippen molar-refractivity contribution in [1.29, 1.82) is 0 Å². The first-order chi connectivity index (χ1) is 12.3. The molecule has 0 radical (unpaired) electrons. The first-order valence-electron chi connectivity index (χ1n) is 7.29. The van der Waals surface area contributed by atoms with Gasteiger partial charge in [-0.05, 0) is 30.3 Å². The highest BCUT2D eigenvalue weighted by molar-refractivity contribution is 6.30. The quantitative estimate of drug-likeness (QED) is 0.752. The molecule has 136 valence electrons. The maximum Gasteiger partial charge on any atom is 0.338 e. The summed E-state index contributed by atoms with van der Waals surface area (Å²) >= 11 is 5.75. The van der Waals surface area contributed by atoms with Gasteiger partial charge in [-0.2, -0.15) is 0 Å². The molecule has 0 aromatic heterocycles. The van der Waals surface area contributed by atoms with Gasteiger partial charge >= 0.3 is 5.97 Å². The van der Waals surface area contributed by atoms with E-state index in [0.29, 0.717) is 5.02 Å². The number of nitrogens with one attached hydrogen (secondary N) is 2. The zero-order valence-electron chi connectivity index (χ0n) is 13.2. The minimum atomic E-state index is -1.11. The van der Waals surface area contributed by atoms with E-state index in [9.17, 15) is 23.2 Å². The molecule has 2 amide bonds. The molecule has 0 aliphatic rings. The molecule has 0 atom stereocenters. The van der Waals surface area contributed by atoms with Crippen LogP contribution in [-0.2, 0) is 14.3 Å². The Balaban J connectivity index is 1.74. The van der Waals surface area contributed by atoms with E-state index < -0.39 is 42.6 Å². The molecule has 0 saturated carbocycles. The minimum absolute atomic E-state index is 0.0375. The summed E-state index contributed by atoms with van der Waals surface area (Å²) in [7, 11) is 0. The molecule has 0 bridgehead atoms. The second kappa shape index (κ2) is 8.91. The van der Waals surface area contributed by atoms with Crippen molar-refractivity contribution >= 4 is 35.1 Å². The molecule has 0 aliphatic heterocycles. The van der Waals surface area contributed by atoms with Gasteiger partial charge in [0.1, 0.15) is 0 Å². The predicted molar refractivity (Wildman–Crippen MR) is 89.7 cm³/mol. The number of hydrogen-bond donors (Lipinski definition) is 2. The number of ether oxygens (including phenoxy) is 1. The Morgan fingerprint density at radius 1 is 1.00 bits per heavy atom. The van der Waals surface area contributed by atoms with Crippen LogP contribution in [0.4, 0.5) is 14.5 Å². The number of hydrogen-bond acceptors (Lipinski definition) is 4. The van der Waals surface area contributed by atoms with Crippen molar-refractivity contribution in [3.05, 3.63) is 64.7 Å². The average molecular weight is 383 g/mol. The maximum absolute atomic E-state index is 13.0. The summed E-state index contributed by atoms with van der Waals surface area (Å²) in [5.41, 5.74) is 0.219. The summed E-state index contributed by atoms with van der Waals surface area (Å²) in [5, 5.41) is 4.85. The highest BCUT2D eigenvalue weighted by Crippen LogP contribution is 2.13. The van der Waals surface area contributed by atoms with Gasteiger partial charge in [-0.15, -0.1) is 0 Å². The van der Waals surface area contributed by atoms with Crippen LogP contribution < -0.4 is 10.6 Å². The molecular formula is C17H13ClF2N2O4. The minimum Gasteiger partial charge on any atom is -0.452 e. The third-order valence-corrected chi connectivity index (χ3v) is 3.28. The predicted octanol–water partition coefficient (Wildman–Crippen LogP) is 2.53. The number of esters is 1. The number of carbonyl (C=O) groups excluding carboxylic acids is 3. The molecule has 0 spiro atoms. The molecule has 9 heteroatoms. The van der Waals surface area contributed by atoms with Crippen LogP contribution in [0.15, 0.2) is 42.5 Å². The molecule has 2 rings (SSSR count). The standard InChI is InChI=1S/C17H13ClF2N2O4/c18-11-3-1-2-10(6-11)17(25)26-9-16(24)21-8-15(23)22-12-4-5-13(19)14(20)7-12/h1-7H,8-9H2,(H,21,24)(H,22,23). The number of rotatable bonds is 6. The lowest BCUT2D eigenvalue weighted by atomic mass is 10.2. The summed E-state index contributed by atoms with van der Waals surface area (Å²) in [5.74, 6) is -4.27. The molecule has 0 heterocycles. The van der Waals surface area contributed by atoms with Crippen molar-refractivity contribution in [2.24, 2.45) is 0 Å². The molecule has 0 unspecified atom stereocenters. The van der Waals surface area contributed by atoms with Crippen molar-refractivity contribution in [1.82, 2.24) is 5.32 Å². The third kappa shape index (κ3) is 5.82. The van der Waals surface area contributed by atoms with Crippen LogP contribution >= 0.6 is 11.6 Å². The van der Waals surface area contributed by atoms with Gasteiger partial charge in [0.15, 0.2) is 18.2 Å². The van der Waals surface area contributed by atoms with Crippen molar-refractivity contribution in [2.75, 3.05) is 18.5 Å². The summed E-state index contributed by atoms with van der Waals surface area (Å²) in [6.45, 7) is -1.03. The van der Waals surface area contributed by atoms with Gasteiger partial charge < -0.3 is 15.4 Å². The zero-order chi connectivity index (χ0) is 19.1. The van der Waals surface area contributed by atoms with Gasteiger partial charge in [0.05, 0.1) is 12.1 Å². The molecule has 6 nitrogen and oxygen atoms in total. The number of anilines is 1. The first kappa shape index (κ1) is 19.3. The van der Waals surface area contributed by atoms with E-state index in [1.807, 2.05) is 0 Å². The first-order valence-corrected chi connectivity index (χ1v) is 7.67. The lowest BCUT2D eigenvalue weighted by molar-refractivity contribution is -0.126. The Hall–Kier alpha value is -3.00. The maximum atomic E-state index is 13.0. The second-order valence-electron chi connectivity index (χ2n) is 5.04. The average Bonchev–Trinajstić information content (AvgIpc) is 2.61. The van der Waals surface area contributed by atoms with Gasteiger partial charge in [0, 0.05) is 16.8 Å². The zero-order valence-corrected chi connectivity index (χ0v) is 14.0. The Morgan fingerprint density at radius 3 is 2.46 bits per heavy atom. The lowest BCUT2D eigenvalue weighted by Crippen LogP contribution is -2.35. The van der Waals surface area contributed by atoms with Gasteiger partial charge in [-0.1, -0.05) is 17.7 Å². The smallest absolute Gasteiger partial charge is 0.338 e. The van der Waals surface area contributed by atoms with E-state index in [4.69, 9.17) is 16.3 Å². The van der Waals surface area contributed by atoms with Gasteiger partial charge in [0.2, 0.25) is 5.91 Å². The molecular weight excluding hydrogens is 370 g/mol. The summed E-state index contributed by atoms with van der Waals surface area (Å²) in [6.07, 6.45) is 0. The third-order valence-electron chi connectivity index (χ3n) is 3.04. The molecule has 2 N–H and O–H groups in total. The van der Waals surface area contributed by atoms with Crippen molar-refractivity contribution in [3.8, 4) is 0 Å². The van der Waals surface area contributed by atoms with E-state index in [0.717, 1.165) is 12.1 Å². The number of carbonyl (C=O) groups is 3. The number of benzene rings is 2. The van der Waals surface area contributed by atoms with E-state index in [2.05, 4.69) is 10.6 Å². The Kier molecular flexibility index (Phi) is 6.62. The Morgan fingerprint density at radius 2 is 1.77 bits per heavy atom. The van der Waals surface area contributed by atoms with Crippen molar-refractivity contribution < 1.29 is 27.9 Å². The van der Waals surface area contributed by atoms with Crippen LogP contribution in [0.5, 0.6) is 0 Å². The van der Waals surface area contributed by atoms with Gasteiger partial charge in [-0.25, -0.2) is 13.6 Å². The molecule has 2 aromatic rings. The molecule has 2 aromatic carbocycles. The highest BCUT2D eigenvalue weighted by atomic mass is 35.5. The van der Waals surface area contributed by atoms with E-state index >= 15 is 0 Å². The summed E-state index contributed by atoms with van der Waals surface area (Å²) in [4.78, 5) is 35.0.